The molecule has 1 atom stereocenters. The van der Waals surface area contributed by atoms with Gasteiger partial charge in [0.15, 0.2) is 0 Å². The highest BCUT2D eigenvalue weighted by atomic mass is 16.2. The summed E-state index contributed by atoms with van der Waals surface area (Å²) in [5, 5.41) is 2.90. The Balaban J connectivity index is 2.17. The van der Waals surface area contributed by atoms with Crippen LogP contribution in [0.4, 0.5) is 10.5 Å². The van der Waals surface area contributed by atoms with Crippen molar-refractivity contribution in [2.75, 3.05) is 12.4 Å². The van der Waals surface area contributed by atoms with E-state index in [1.807, 2.05) is 54.6 Å². The quantitative estimate of drug-likeness (QED) is 0.890. The number of hydrogen-bond acceptors (Lipinski definition) is 2. The molecule has 3 N–H and O–H groups in total. The van der Waals surface area contributed by atoms with Crippen LogP contribution in [0, 0.1) is 0 Å². The fourth-order valence-corrected chi connectivity index (χ4v) is 2.29. The Labute approximate surface area is 136 Å². The van der Waals surface area contributed by atoms with Gasteiger partial charge in [0.25, 0.3) is 0 Å². The predicted molar refractivity (Wildman–Crippen MR) is 91.9 cm³/mol. The van der Waals surface area contributed by atoms with E-state index in [1.165, 1.54) is 4.90 Å². The van der Waals surface area contributed by atoms with Crippen LogP contribution >= 0.6 is 0 Å². The largest absolute Gasteiger partial charge is 0.370 e. The first-order chi connectivity index (χ1) is 11.0. The predicted octanol–water partition coefficient (Wildman–Crippen LogP) is 3.08. The number of hydrogen-bond donors (Lipinski definition) is 2. The number of amides is 3. The molecule has 0 heterocycles. The Morgan fingerprint density at radius 1 is 1.09 bits per heavy atom. The Bertz CT molecular complexity index is 686. The molecular weight excluding hydrogens is 290 g/mol. The van der Waals surface area contributed by atoms with Crippen LogP contribution in [0.25, 0.3) is 11.1 Å². The van der Waals surface area contributed by atoms with Crippen molar-refractivity contribution in [2.45, 2.75) is 19.4 Å². The third-order valence-corrected chi connectivity index (χ3v) is 3.73. The van der Waals surface area contributed by atoms with E-state index in [4.69, 9.17) is 5.73 Å². The van der Waals surface area contributed by atoms with Crippen LogP contribution in [0.1, 0.15) is 13.3 Å². The molecule has 0 saturated heterocycles. The molecule has 0 spiro atoms. The van der Waals surface area contributed by atoms with Crippen LogP contribution in [0.15, 0.2) is 54.6 Å². The van der Waals surface area contributed by atoms with Gasteiger partial charge in [-0.1, -0.05) is 48.5 Å². The second-order valence-electron chi connectivity index (χ2n) is 5.47. The van der Waals surface area contributed by atoms with Crippen molar-refractivity contribution in [1.29, 1.82) is 0 Å². The highest BCUT2D eigenvalue weighted by Gasteiger charge is 2.18. The average Bonchev–Trinajstić information content (AvgIpc) is 2.54. The number of para-hydroxylation sites is 1. The number of carbonyl (C=O) groups excluding carboxylic acids is 2. The van der Waals surface area contributed by atoms with Gasteiger partial charge in [0.2, 0.25) is 5.91 Å². The lowest BCUT2D eigenvalue weighted by atomic mass is 10.0. The van der Waals surface area contributed by atoms with E-state index in [0.717, 1.165) is 16.8 Å². The van der Waals surface area contributed by atoms with Crippen molar-refractivity contribution in [3.8, 4) is 11.1 Å². The second kappa shape index (κ2) is 7.45. The molecule has 0 radical (unpaired) electrons. The summed E-state index contributed by atoms with van der Waals surface area (Å²) < 4.78 is 0. The van der Waals surface area contributed by atoms with Crippen LogP contribution in [0.3, 0.4) is 0 Å². The molecule has 2 rings (SSSR count). The topological polar surface area (TPSA) is 75.4 Å². The van der Waals surface area contributed by atoms with Crippen LogP contribution in [0.2, 0.25) is 0 Å². The molecule has 3 amide bonds. The van der Waals surface area contributed by atoms with Crippen LogP contribution in [-0.4, -0.2) is 29.9 Å². The van der Waals surface area contributed by atoms with Crippen molar-refractivity contribution < 1.29 is 9.59 Å². The minimum atomic E-state index is -0.429. The van der Waals surface area contributed by atoms with E-state index in [9.17, 15) is 9.59 Å². The Hall–Kier alpha value is -2.82. The molecule has 0 fully saturated rings. The summed E-state index contributed by atoms with van der Waals surface area (Å²) in [5.41, 5.74) is 7.88. The second-order valence-corrected chi connectivity index (χ2v) is 5.47. The van der Waals surface area contributed by atoms with Gasteiger partial charge in [-0.3, -0.25) is 4.79 Å². The van der Waals surface area contributed by atoms with E-state index in [-0.39, 0.29) is 18.5 Å². The van der Waals surface area contributed by atoms with Gasteiger partial charge < -0.3 is 16.0 Å². The maximum Gasteiger partial charge on any atom is 0.321 e. The minimum absolute atomic E-state index is 0.129. The SMILES string of the molecule is CC(CC(N)=O)N(C)C(=O)Nc1ccccc1-c1ccccc1. The molecule has 1 unspecified atom stereocenters. The highest BCUT2D eigenvalue weighted by Crippen LogP contribution is 2.27. The molecule has 0 aliphatic heterocycles. The van der Waals surface area contributed by atoms with Gasteiger partial charge in [0, 0.05) is 25.1 Å². The molecule has 2 aromatic rings. The molecule has 2 aromatic carbocycles. The lowest BCUT2D eigenvalue weighted by molar-refractivity contribution is -0.118. The van der Waals surface area contributed by atoms with Crippen LogP contribution in [-0.2, 0) is 4.79 Å². The first-order valence-electron chi connectivity index (χ1n) is 7.45. The fourth-order valence-electron chi connectivity index (χ4n) is 2.29. The molecule has 0 aliphatic rings. The van der Waals surface area contributed by atoms with E-state index >= 15 is 0 Å². The standard InChI is InChI=1S/C18H21N3O2/c1-13(12-17(19)22)21(2)18(23)20-16-11-7-6-10-15(16)14-8-4-3-5-9-14/h3-11,13H,12H2,1-2H3,(H2,19,22)(H,20,23). The highest BCUT2D eigenvalue weighted by molar-refractivity contribution is 5.94. The Morgan fingerprint density at radius 3 is 2.35 bits per heavy atom. The van der Waals surface area contributed by atoms with Gasteiger partial charge in [-0.2, -0.15) is 0 Å². The first-order valence-corrected chi connectivity index (χ1v) is 7.45. The maximum absolute atomic E-state index is 12.4. The molecule has 0 saturated carbocycles. The van der Waals surface area contributed by atoms with Gasteiger partial charge >= 0.3 is 6.03 Å². The number of primary amides is 1. The zero-order chi connectivity index (χ0) is 16.8. The van der Waals surface area contributed by atoms with Crippen LogP contribution in [0.5, 0.6) is 0 Å². The average molecular weight is 311 g/mol. The van der Waals surface area contributed by atoms with Crippen molar-refractivity contribution in [3.05, 3.63) is 54.6 Å². The lowest BCUT2D eigenvalue weighted by Crippen LogP contribution is -2.40. The Kier molecular flexibility index (Phi) is 5.36. The molecule has 0 aliphatic carbocycles. The summed E-state index contributed by atoms with van der Waals surface area (Å²) in [6.07, 6.45) is 0.129. The molecule has 23 heavy (non-hydrogen) atoms. The summed E-state index contributed by atoms with van der Waals surface area (Å²) in [7, 11) is 1.65. The summed E-state index contributed by atoms with van der Waals surface area (Å²) in [6, 6.07) is 16.9. The lowest BCUT2D eigenvalue weighted by Gasteiger charge is -2.25. The molecular formula is C18H21N3O2. The summed E-state index contributed by atoms with van der Waals surface area (Å²) in [6.45, 7) is 1.79. The van der Waals surface area contributed by atoms with Crippen molar-refractivity contribution in [1.82, 2.24) is 4.90 Å². The number of benzene rings is 2. The van der Waals surface area contributed by atoms with Crippen LogP contribution < -0.4 is 11.1 Å². The van der Waals surface area contributed by atoms with E-state index < -0.39 is 5.91 Å². The van der Waals surface area contributed by atoms with Gasteiger partial charge in [0.05, 0.1) is 5.69 Å². The number of nitrogens with one attached hydrogen (secondary N) is 1. The van der Waals surface area contributed by atoms with E-state index in [1.54, 1.807) is 14.0 Å². The third-order valence-electron chi connectivity index (χ3n) is 3.73. The number of nitrogens with zero attached hydrogens (tertiary/aromatic N) is 1. The summed E-state index contributed by atoms with van der Waals surface area (Å²) in [4.78, 5) is 24.9. The smallest absolute Gasteiger partial charge is 0.321 e. The first kappa shape index (κ1) is 16.5. The zero-order valence-corrected chi connectivity index (χ0v) is 13.3. The summed E-state index contributed by atoms with van der Waals surface area (Å²) in [5.74, 6) is -0.429. The number of nitrogens with two attached hydrogens (primary N) is 1. The Morgan fingerprint density at radius 2 is 1.70 bits per heavy atom. The van der Waals surface area contributed by atoms with Gasteiger partial charge in [-0.05, 0) is 18.6 Å². The van der Waals surface area contributed by atoms with Crippen molar-refractivity contribution in [3.63, 3.8) is 0 Å². The number of carbonyl (C=O) groups is 2. The summed E-state index contributed by atoms with van der Waals surface area (Å²) >= 11 is 0. The fraction of sp³-hybridized carbons (Fsp3) is 0.222. The third kappa shape index (κ3) is 4.32. The zero-order valence-electron chi connectivity index (χ0n) is 13.3. The van der Waals surface area contributed by atoms with Gasteiger partial charge in [0.1, 0.15) is 0 Å². The number of urea groups is 1. The normalized spacial score (nSPS) is 11.6. The molecule has 5 heteroatoms. The van der Waals surface area contributed by atoms with E-state index in [0.29, 0.717) is 0 Å². The maximum atomic E-state index is 12.4. The van der Waals surface area contributed by atoms with E-state index in [2.05, 4.69) is 5.32 Å². The van der Waals surface area contributed by atoms with Crippen molar-refractivity contribution in [2.24, 2.45) is 5.73 Å². The molecule has 0 bridgehead atoms. The van der Waals surface area contributed by atoms with Gasteiger partial charge in [-0.25, -0.2) is 4.79 Å². The molecule has 5 nitrogen and oxygen atoms in total. The van der Waals surface area contributed by atoms with Crippen molar-refractivity contribution >= 4 is 17.6 Å². The number of rotatable bonds is 5. The van der Waals surface area contributed by atoms with Gasteiger partial charge in [-0.15, -0.1) is 0 Å². The molecule has 120 valence electrons. The molecule has 0 aromatic heterocycles. The minimum Gasteiger partial charge on any atom is -0.370 e. The number of anilines is 1. The monoisotopic (exact) mass is 311 g/mol.